The van der Waals surface area contributed by atoms with Crippen LogP contribution in [0, 0.1) is 6.92 Å². The number of aryl methyl sites for hydroxylation is 1. The van der Waals surface area contributed by atoms with E-state index in [1.807, 2.05) is 35.7 Å². The van der Waals surface area contributed by atoms with Crippen LogP contribution >= 0.6 is 0 Å². The third kappa shape index (κ3) is 3.54. The van der Waals surface area contributed by atoms with E-state index in [4.69, 9.17) is 0 Å². The number of hydrogen-bond donors (Lipinski definition) is 1. The molecular weight excluding hydrogens is 362 g/mol. The van der Waals surface area contributed by atoms with E-state index in [1.54, 1.807) is 22.6 Å². The first-order valence-electron chi connectivity index (χ1n) is 9.18. The lowest BCUT2D eigenvalue weighted by Crippen LogP contribution is -2.36. The molecule has 7 nitrogen and oxygen atoms in total. The van der Waals surface area contributed by atoms with Crippen LogP contribution in [0.5, 0.6) is 0 Å². The first-order chi connectivity index (χ1) is 13.1. The summed E-state index contributed by atoms with van der Waals surface area (Å²) in [6.07, 6.45) is 6.45. The number of sulfonamides is 1. The van der Waals surface area contributed by atoms with Gasteiger partial charge in [-0.3, -0.25) is 0 Å². The molecule has 0 spiro atoms. The monoisotopic (exact) mass is 385 g/mol. The molecule has 0 amide bonds. The van der Waals surface area contributed by atoms with Crippen LogP contribution < -0.4 is 5.32 Å². The van der Waals surface area contributed by atoms with Crippen molar-refractivity contribution < 1.29 is 8.42 Å². The molecule has 0 radical (unpaired) electrons. The average molecular weight is 385 g/mol. The van der Waals surface area contributed by atoms with Crippen molar-refractivity contribution in [3.8, 4) is 0 Å². The summed E-state index contributed by atoms with van der Waals surface area (Å²) in [6.45, 7) is 3.57. The number of rotatable bonds is 5. The van der Waals surface area contributed by atoms with E-state index in [9.17, 15) is 8.42 Å². The molecule has 0 bridgehead atoms. The molecule has 3 aromatic rings. The maximum absolute atomic E-state index is 13.0. The molecule has 4 rings (SSSR count). The van der Waals surface area contributed by atoms with Crippen molar-refractivity contribution in [1.29, 1.82) is 0 Å². The molecular formula is C19H23N5O2S. The number of pyridine rings is 2. The minimum atomic E-state index is -3.55. The molecule has 0 aromatic carbocycles. The van der Waals surface area contributed by atoms with E-state index >= 15 is 0 Å². The molecule has 142 valence electrons. The second kappa shape index (κ2) is 7.28. The molecule has 8 heteroatoms. The Morgan fingerprint density at radius 2 is 1.93 bits per heavy atom. The van der Waals surface area contributed by atoms with Crippen molar-refractivity contribution in [2.75, 3.05) is 18.4 Å². The third-order valence-electron chi connectivity index (χ3n) is 4.89. The van der Waals surface area contributed by atoms with Gasteiger partial charge in [-0.05, 0) is 44.0 Å². The average Bonchev–Trinajstić information content (AvgIpc) is 3.12. The van der Waals surface area contributed by atoms with Gasteiger partial charge in [-0.1, -0.05) is 12.5 Å². The fraction of sp³-hybridized carbons (Fsp3) is 0.368. The Labute approximate surface area is 159 Å². The van der Waals surface area contributed by atoms with Gasteiger partial charge in [-0.15, -0.1) is 0 Å². The largest absolute Gasteiger partial charge is 0.363 e. The van der Waals surface area contributed by atoms with Crippen molar-refractivity contribution in [3.05, 3.63) is 54.1 Å². The summed E-state index contributed by atoms with van der Waals surface area (Å²) in [7, 11) is -3.55. The topological polar surface area (TPSA) is 79.6 Å². The van der Waals surface area contributed by atoms with Gasteiger partial charge in [0.1, 0.15) is 16.4 Å². The van der Waals surface area contributed by atoms with Crippen LogP contribution in [0.15, 0.2) is 47.6 Å². The normalized spacial score (nSPS) is 15.9. The highest BCUT2D eigenvalue weighted by Crippen LogP contribution is 2.25. The Morgan fingerprint density at radius 1 is 1.11 bits per heavy atom. The molecule has 1 saturated heterocycles. The fourth-order valence-electron chi connectivity index (χ4n) is 3.43. The first kappa shape index (κ1) is 17.9. The zero-order chi connectivity index (χ0) is 18.9. The van der Waals surface area contributed by atoms with Crippen LogP contribution in [-0.2, 0) is 16.6 Å². The van der Waals surface area contributed by atoms with Gasteiger partial charge in [0.25, 0.3) is 0 Å². The van der Waals surface area contributed by atoms with E-state index < -0.39 is 10.0 Å². The molecule has 27 heavy (non-hydrogen) atoms. The quantitative estimate of drug-likeness (QED) is 0.731. The number of imidazole rings is 1. The molecule has 0 atom stereocenters. The second-order valence-corrected chi connectivity index (χ2v) is 8.70. The molecule has 3 aromatic heterocycles. The van der Waals surface area contributed by atoms with Crippen LogP contribution in [0.1, 0.15) is 30.7 Å². The van der Waals surface area contributed by atoms with Crippen LogP contribution in [0.2, 0.25) is 0 Å². The number of nitrogens with zero attached hydrogens (tertiary/aromatic N) is 4. The predicted octanol–water partition coefficient (Wildman–Crippen LogP) is 2.82. The fourth-order valence-corrected chi connectivity index (χ4v) is 5.07. The molecule has 0 aliphatic carbocycles. The van der Waals surface area contributed by atoms with Crippen molar-refractivity contribution in [2.24, 2.45) is 0 Å². The number of anilines is 1. The summed E-state index contributed by atoms with van der Waals surface area (Å²) >= 11 is 0. The standard InChI is InChI=1S/C19H23N5O2S/c1-15-7-5-9-18-22-16(14-24(15)18)13-21-19-17(8-6-10-20-19)27(25,26)23-11-3-2-4-12-23/h5-10,14H,2-4,11-13H2,1H3,(H,20,21). The van der Waals surface area contributed by atoms with Crippen molar-refractivity contribution in [3.63, 3.8) is 0 Å². The van der Waals surface area contributed by atoms with Crippen molar-refractivity contribution in [1.82, 2.24) is 18.7 Å². The predicted molar refractivity (Wildman–Crippen MR) is 104 cm³/mol. The number of fused-ring (bicyclic) bond motifs is 1. The third-order valence-corrected chi connectivity index (χ3v) is 6.82. The lowest BCUT2D eigenvalue weighted by atomic mass is 10.2. The van der Waals surface area contributed by atoms with Gasteiger partial charge in [0, 0.05) is 31.2 Å². The Hall–Kier alpha value is -2.45. The molecule has 1 aliphatic heterocycles. The highest BCUT2D eigenvalue weighted by atomic mass is 32.2. The SMILES string of the molecule is Cc1cccc2nc(CNc3ncccc3S(=O)(=O)N3CCCCC3)cn12. The van der Waals surface area contributed by atoms with E-state index in [-0.39, 0.29) is 4.90 Å². The van der Waals surface area contributed by atoms with Gasteiger partial charge >= 0.3 is 0 Å². The van der Waals surface area contributed by atoms with E-state index in [2.05, 4.69) is 15.3 Å². The zero-order valence-corrected chi connectivity index (χ0v) is 16.1. The van der Waals surface area contributed by atoms with Gasteiger partial charge < -0.3 is 9.72 Å². The molecule has 1 fully saturated rings. The first-order valence-corrected chi connectivity index (χ1v) is 10.6. The molecule has 0 saturated carbocycles. The lowest BCUT2D eigenvalue weighted by molar-refractivity contribution is 0.346. The number of aromatic nitrogens is 3. The molecule has 1 N–H and O–H groups in total. The molecule has 0 unspecified atom stereocenters. The number of hydrogen-bond acceptors (Lipinski definition) is 5. The van der Waals surface area contributed by atoms with Crippen LogP contribution in [0.25, 0.3) is 5.65 Å². The Kier molecular flexibility index (Phi) is 4.84. The highest BCUT2D eigenvalue weighted by Gasteiger charge is 2.28. The van der Waals surface area contributed by atoms with Gasteiger partial charge in [-0.25, -0.2) is 18.4 Å². The maximum atomic E-state index is 13.0. The maximum Gasteiger partial charge on any atom is 0.246 e. The van der Waals surface area contributed by atoms with Gasteiger partial charge in [0.2, 0.25) is 10.0 Å². The minimum Gasteiger partial charge on any atom is -0.363 e. The van der Waals surface area contributed by atoms with E-state index in [0.717, 1.165) is 36.3 Å². The van der Waals surface area contributed by atoms with Gasteiger partial charge in [0.05, 0.1) is 12.2 Å². The summed E-state index contributed by atoms with van der Waals surface area (Å²) in [5.41, 5.74) is 2.79. The van der Waals surface area contributed by atoms with Crippen LogP contribution in [0.4, 0.5) is 5.82 Å². The number of nitrogens with one attached hydrogen (secondary N) is 1. The van der Waals surface area contributed by atoms with Gasteiger partial charge in [0.15, 0.2) is 0 Å². The van der Waals surface area contributed by atoms with Gasteiger partial charge in [-0.2, -0.15) is 4.31 Å². The summed E-state index contributed by atoms with van der Waals surface area (Å²) in [4.78, 5) is 9.09. The Bertz CT molecular complexity index is 1050. The number of piperidine rings is 1. The Morgan fingerprint density at radius 3 is 2.70 bits per heavy atom. The summed E-state index contributed by atoms with van der Waals surface area (Å²) in [5.74, 6) is 0.372. The Balaban J connectivity index is 1.58. The summed E-state index contributed by atoms with van der Waals surface area (Å²) in [6, 6.07) is 9.22. The van der Waals surface area contributed by atoms with Crippen LogP contribution in [0.3, 0.4) is 0 Å². The van der Waals surface area contributed by atoms with E-state index in [1.165, 1.54) is 0 Å². The zero-order valence-electron chi connectivity index (χ0n) is 15.3. The summed E-state index contributed by atoms with van der Waals surface area (Å²) in [5, 5.41) is 3.16. The van der Waals surface area contributed by atoms with Crippen molar-refractivity contribution >= 4 is 21.5 Å². The minimum absolute atomic E-state index is 0.229. The van der Waals surface area contributed by atoms with Crippen LogP contribution in [-0.4, -0.2) is 40.2 Å². The smallest absolute Gasteiger partial charge is 0.246 e. The van der Waals surface area contributed by atoms with Crippen molar-refractivity contribution in [2.45, 2.75) is 37.6 Å². The molecule has 4 heterocycles. The van der Waals surface area contributed by atoms with E-state index in [0.29, 0.717) is 25.5 Å². The molecule has 1 aliphatic rings. The lowest BCUT2D eigenvalue weighted by Gasteiger charge is -2.26. The second-order valence-electron chi connectivity index (χ2n) is 6.80. The highest BCUT2D eigenvalue weighted by molar-refractivity contribution is 7.89. The summed E-state index contributed by atoms with van der Waals surface area (Å²) < 4.78 is 29.6.